The second-order valence-corrected chi connectivity index (χ2v) is 7.20. The molecule has 1 aromatic carbocycles. The van der Waals surface area contributed by atoms with E-state index in [4.69, 9.17) is 4.74 Å². The molecule has 1 amide bonds. The van der Waals surface area contributed by atoms with Crippen LogP contribution in [0.1, 0.15) is 23.7 Å². The number of rotatable bonds is 7. The zero-order valence-electron chi connectivity index (χ0n) is 19.3. The molecule has 1 aromatic rings. The molecule has 1 aliphatic carbocycles. The van der Waals surface area contributed by atoms with E-state index in [0.717, 1.165) is 19.2 Å². The topological polar surface area (TPSA) is 165 Å². The number of nitrogens with one attached hydrogen (secondary N) is 1. The van der Waals surface area contributed by atoms with Crippen LogP contribution in [-0.4, -0.2) is 58.9 Å². The summed E-state index contributed by atoms with van der Waals surface area (Å²) in [6, 6.07) is 4.71. The van der Waals surface area contributed by atoms with E-state index in [9.17, 15) is 34.7 Å². The molecule has 186 valence electrons. The summed E-state index contributed by atoms with van der Waals surface area (Å²) in [5.41, 5.74) is -2.52. The van der Waals surface area contributed by atoms with Crippen LogP contribution in [0.5, 0.6) is 0 Å². The lowest BCUT2D eigenvalue weighted by Crippen LogP contribution is -2.36. The summed E-state index contributed by atoms with van der Waals surface area (Å²) in [4.78, 5) is 45.8. The number of non-ortho nitro benzene ring substituents is 1. The first-order chi connectivity index (χ1) is 17.1. The number of alkyl carbamates (subject to hydrolysis) is 1. The molecule has 0 aliphatic heterocycles. The molecule has 0 spiro atoms. The predicted molar refractivity (Wildman–Crippen MR) is 126 cm³/mol. The zero-order valence-corrected chi connectivity index (χ0v) is 19.3. The molecule has 3 N–H and O–H groups in total. The van der Waals surface area contributed by atoms with E-state index in [-0.39, 0.29) is 28.1 Å². The Kier molecular flexibility index (Phi) is 9.69. The molecule has 0 heterocycles. The van der Waals surface area contributed by atoms with Crippen molar-refractivity contribution in [1.82, 2.24) is 5.32 Å². The number of allylic oxidation sites excluding steroid dienone is 3. The van der Waals surface area contributed by atoms with Crippen LogP contribution in [-0.2, 0) is 14.3 Å². The summed E-state index contributed by atoms with van der Waals surface area (Å²) in [7, 11) is 1.13. The van der Waals surface area contributed by atoms with Crippen LogP contribution in [0.25, 0.3) is 0 Å². The number of nitro benzene ring substituents is 1. The van der Waals surface area contributed by atoms with Gasteiger partial charge < -0.3 is 24.5 Å². The lowest BCUT2D eigenvalue weighted by atomic mass is 9.82. The Morgan fingerprint density at radius 2 is 1.92 bits per heavy atom. The van der Waals surface area contributed by atoms with Crippen LogP contribution in [0, 0.1) is 33.8 Å². The van der Waals surface area contributed by atoms with Crippen molar-refractivity contribution in [1.29, 1.82) is 0 Å². The number of aliphatic hydroxyl groups is 2. The number of hydrogen-bond donors (Lipinski definition) is 3. The third-order valence-corrected chi connectivity index (χ3v) is 4.83. The average Bonchev–Trinajstić information content (AvgIpc) is 2.85. The van der Waals surface area contributed by atoms with E-state index in [1.165, 1.54) is 37.3 Å². The number of carbonyl (C=O) groups is 3. The van der Waals surface area contributed by atoms with E-state index in [0.29, 0.717) is 6.29 Å². The highest BCUT2D eigenvalue weighted by molar-refractivity contribution is 5.89. The average molecular weight is 494 g/mol. The van der Waals surface area contributed by atoms with Gasteiger partial charge in [0.15, 0.2) is 5.60 Å². The molecule has 11 heteroatoms. The van der Waals surface area contributed by atoms with Crippen molar-refractivity contribution < 1.29 is 39.0 Å². The number of aldehydes is 1. The lowest BCUT2D eigenvalue weighted by molar-refractivity contribution is -0.384. The van der Waals surface area contributed by atoms with Gasteiger partial charge in [-0.3, -0.25) is 15.4 Å². The molecule has 36 heavy (non-hydrogen) atoms. The van der Waals surface area contributed by atoms with Gasteiger partial charge in [-0.2, -0.15) is 0 Å². The second kappa shape index (κ2) is 12.7. The van der Waals surface area contributed by atoms with Crippen LogP contribution in [0.2, 0.25) is 0 Å². The minimum Gasteiger partial charge on any atom is -0.458 e. The molecule has 0 saturated heterocycles. The van der Waals surface area contributed by atoms with Gasteiger partial charge in [-0.1, -0.05) is 23.7 Å². The maximum atomic E-state index is 12.4. The molecule has 2 rings (SSSR count). The minimum absolute atomic E-state index is 0.0308. The van der Waals surface area contributed by atoms with Gasteiger partial charge in [0.1, 0.15) is 19.0 Å². The summed E-state index contributed by atoms with van der Waals surface area (Å²) in [5.74, 6) is 9.36. The Morgan fingerprint density at radius 3 is 2.53 bits per heavy atom. The number of aliphatic hydroxyl groups excluding tert-OH is 1. The summed E-state index contributed by atoms with van der Waals surface area (Å²) < 4.78 is 9.77. The maximum Gasteiger partial charge on any atom is 0.411 e. The first-order valence-corrected chi connectivity index (χ1v) is 10.3. The van der Waals surface area contributed by atoms with Crippen molar-refractivity contribution in [2.24, 2.45) is 0 Å². The Balaban J connectivity index is 2.53. The third-order valence-electron chi connectivity index (χ3n) is 4.83. The number of methoxy groups -OCH3 is 1. The monoisotopic (exact) mass is 494 g/mol. The Labute approximate surface area is 206 Å². The van der Waals surface area contributed by atoms with E-state index in [1.807, 2.05) is 0 Å². The third kappa shape index (κ3) is 7.14. The van der Waals surface area contributed by atoms with Crippen molar-refractivity contribution in [2.45, 2.75) is 25.0 Å². The number of benzene rings is 1. The number of esters is 1. The summed E-state index contributed by atoms with van der Waals surface area (Å²) in [6.07, 6.45) is 1.34. The molecule has 0 unspecified atom stereocenters. The Hall–Kier alpha value is -4.71. The largest absolute Gasteiger partial charge is 0.458 e. The molecule has 11 nitrogen and oxygen atoms in total. The van der Waals surface area contributed by atoms with Crippen LogP contribution in [0.4, 0.5) is 10.5 Å². The van der Waals surface area contributed by atoms with Gasteiger partial charge in [0.2, 0.25) is 0 Å². The number of hydrogen-bond acceptors (Lipinski definition) is 9. The molecule has 0 aromatic heterocycles. The molecular weight excluding hydrogens is 472 g/mol. The Morgan fingerprint density at radius 1 is 1.25 bits per heavy atom. The fourth-order valence-electron chi connectivity index (χ4n) is 3.12. The first-order valence-electron chi connectivity index (χ1n) is 10.3. The highest BCUT2D eigenvalue weighted by Gasteiger charge is 2.35. The van der Waals surface area contributed by atoms with Gasteiger partial charge >= 0.3 is 12.1 Å². The van der Waals surface area contributed by atoms with Crippen LogP contribution in [0.3, 0.4) is 0 Å². The molecule has 1 aliphatic rings. The van der Waals surface area contributed by atoms with Crippen molar-refractivity contribution in [3.63, 3.8) is 0 Å². The second-order valence-electron chi connectivity index (χ2n) is 7.20. The van der Waals surface area contributed by atoms with Gasteiger partial charge in [0, 0.05) is 35.4 Å². The Bertz CT molecular complexity index is 1250. The van der Waals surface area contributed by atoms with Crippen LogP contribution in [0.15, 0.2) is 59.3 Å². The molecule has 0 fully saturated rings. The molecule has 0 bridgehead atoms. The maximum absolute atomic E-state index is 12.4. The summed E-state index contributed by atoms with van der Waals surface area (Å²) in [5, 5.41) is 35.2. The van der Waals surface area contributed by atoms with Gasteiger partial charge in [0.05, 0.1) is 17.6 Å². The minimum atomic E-state index is -2.15. The van der Waals surface area contributed by atoms with Gasteiger partial charge in [-0.05, 0) is 37.3 Å². The van der Waals surface area contributed by atoms with E-state index >= 15 is 0 Å². The SMILES string of the molecule is COC(=O)N/C(C)=C1/C(=C/COC(=O)c2ccc([N+](=O)[O-])cc2)[C@@](O)(CC=O)C#C/C=C\C#C[C@@H]1O. The highest BCUT2D eigenvalue weighted by atomic mass is 16.6. The van der Waals surface area contributed by atoms with Crippen molar-refractivity contribution >= 4 is 24.0 Å². The standard InChI is InChI=1S/C25H22N2O9/c1-17(26-24(31)35-2)22-20(25(32,14-15-28)13-6-4-3-5-7-21(22)29)12-16-36-23(30)18-8-10-19(11-9-18)27(33)34/h3-4,8-12,15,21,29,32H,14,16H2,1-2H3,(H,26,31)/b4-3-,20-12-,22-17-/t21-,25-/m0/s1. The van der Waals surface area contributed by atoms with E-state index < -0.39 is 41.7 Å². The van der Waals surface area contributed by atoms with Gasteiger partial charge in [-0.15, -0.1) is 0 Å². The normalized spacial score (nSPS) is 22.0. The fourth-order valence-corrected chi connectivity index (χ4v) is 3.12. The van der Waals surface area contributed by atoms with Gasteiger partial charge in [-0.25, -0.2) is 9.59 Å². The summed E-state index contributed by atoms with van der Waals surface area (Å²) in [6.45, 7) is 0.948. The fraction of sp³-hybridized carbons (Fsp3) is 0.240. The number of carbonyl (C=O) groups excluding carboxylic acids is 3. The van der Waals surface area contributed by atoms with E-state index in [1.54, 1.807) is 0 Å². The van der Waals surface area contributed by atoms with Crippen LogP contribution < -0.4 is 5.32 Å². The predicted octanol–water partition coefficient (Wildman–Crippen LogP) is 1.57. The van der Waals surface area contributed by atoms with Crippen molar-refractivity contribution in [2.75, 3.05) is 13.7 Å². The number of nitrogens with zero attached hydrogens (tertiary/aromatic N) is 1. The molecule has 2 atom stereocenters. The molecule has 0 radical (unpaired) electrons. The quantitative estimate of drug-likeness (QED) is 0.168. The molecule has 0 saturated carbocycles. The van der Waals surface area contributed by atoms with Crippen molar-refractivity contribution in [3.05, 3.63) is 75.0 Å². The highest BCUT2D eigenvalue weighted by Crippen LogP contribution is 2.31. The number of amides is 1. The number of ether oxygens (including phenoxy) is 2. The summed E-state index contributed by atoms with van der Waals surface area (Å²) >= 11 is 0. The van der Waals surface area contributed by atoms with Gasteiger partial charge in [0.25, 0.3) is 5.69 Å². The van der Waals surface area contributed by atoms with Crippen molar-refractivity contribution in [3.8, 4) is 23.7 Å². The lowest BCUT2D eigenvalue weighted by Gasteiger charge is -2.28. The zero-order chi connectivity index (χ0) is 26.7. The first kappa shape index (κ1) is 27.5. The van der Waals surface area contributed by atoms with E-state index in [2.05, 4.69) is 33.7 Å². The molecular formula is C25H22N2O9. The van der Waals surface area contributed by atoms with Crippen LogP contribution >= 0.6 is 0 Å². The number of nitro groups is 1. The smallest absolute Gasteiger partial charge is 0.411 e.